The molecule has 34 heavy (non-hydrogen) atoms. The van der Waals surface area contributed by atoms with Crippen LogP contribution in [0.2, 0.25) is 0 Å². The third-order valence-electron chi connectivity index (χ3n) is 5.35. The van der Waals surface area contributed by atoms with Gasteiger partial charge in [-0.25, -0.2) is 9.59 Å². The third kappa shape index (κ3) is 4.61. The van der Waals surface area contributed by atoms with Gasteiger partial charge in [-0.15, -0.1) is 0 Å². The van der Waals surface area contributed by atoms with Gasteiger partial charge < -0.3 is 28.6 Å². The minimum atomic E-state index is -1.06. The van der Waals surface area contributed by atoms with Gasteiger partial charge in [-0.1, -0.05) is 18.2 Å². The van der Waals surface area contributed by atoms with Crippen LogP contribution in [0.3, 0.4) is 0 Å². The molecule has 0 unspecified atom stereocenters. The Morgan fingerprint density at radius 3 is 2.41 bits per heavy atom. The van der Waals surface area contributed by atoms with Gasteiger partial charge in [-0.3, -0.25) is 0 Å². The number of carboxylic acid groups (broad SMARTS) is 1. The highest BCUT2D eigenvalue weighted by molar-refractivity contribution is 6.13. The summed E-state index contributed by atoms with van der Waals surface area (Å²) >= 11 is 0. The highest BCUT2D eigenvalue weighted by Gasteiger charge is 2.23. The summed E-state index contributed by atoms with van der Waals surface area (Å²) in [5, 5.41) is 10.4. The lowest BCUT2D eigenvalue weighted by atomic mass is 10.1. The SMILES string of the molecule is CCOc1ccc(CCOc2cc(OC(=O)N(C)C)cc3c2c(C(=O)O)c2ccccn23)cc1. The van der Waals surface area contributed by atoms with Gasteiger partial charge in [0.05, 0.1) is 35.2 Å². The Morgan fingerprint density at radius 2 is 1.74 bits per heavy atom. The molecule has 0 spiro atoms. The predicted molar refractivity (Wildman–Crippen MR) is 128 cm³/mol. The Hall–Kier alpha value is -4.20. The number of ether oxygens (including phenoxy) is 3. The molecule has 8 nitrogen and oxygen atoms in total. The average molecular weight is 463 g/mol. The number of fused-ring (bicyclic) bond motifs is 3. The first kappa shape index (κ1) is 23.0. The van der Waals surface area contributed by atoms with Gasteiger partial charge in [0.25, 0.3) is 0 Å². The van der Waals surface area contributed by atoms with Crippen molar-refractivity contribution in [2.24, 2.45) is 0 Å². The fraction of sp³-hybridized carbons (Fsp3) is 0.231. The second-order valence-corrected chi connectivity index (χ2v) is 7.89. The first-order chi connectivity index (χ1) is 16.4. The highest BCUT2D eigenvalue weighted by Crippen LogP contribution is 2.38. The zero-order valence-corrected chi connectivity index (χ0v) is 19.3. The van der Waals surface area contributed by atoms with Crippen molar-refractivity contribution in [3.8, 4) is 17.2 Å². The van der Waals surface area contributed by atoms with E-state index in [1.165, 1.54) is 4.90 Å². The molecular weight excluding hydrogens is 436 g/mol. The zero-order chi connectivity index (χ0) is 24.2. The number of hydrogen-bond acceptors (Lipinski definition) is 5. The van der Waals surface area contributed by atoms with Crippen LogP contribution in [0.15, 0.2) is 60.8 Å². The monoisotopic (exact) mass is 462 g/mol. The van der Waals surface area contributed by atoms with Gasteiger partial charge in [0, 0.05) is 38.8 Å². The number of aromatic carboxylic acids is 1. The first-order valence-electron chi connectivity index (χ1n) is 10.9. The molecule has 0 fully saturated rings. The Labute approximate surface area is 196 Å². The molecule has 0 radical (unpaired) electrons. The van der Waals surface area contributed by atoms with Crippen LogP contribution in [0.1, 0.15) is 22.8 Å². The number of carbonyl (C=O) groups excluding carboxylic acids is 1. The van der Waals surface area contributed by atoms with Gasteiger partial charge in [0.2, 0.25) is 0 Å². The van der Waals surface area contributed by atoms with Crippen LogP contribution in [0, 0.1) is 0 Å². The predicted octanol–water partition coefficient (Wildman–Crippen LogP) is 4.87. The van der Waals surface area contributed by atoms with E-state index in [9.17, 15) is 14.7 Å². The summed E-state index contributed by atoms with van der Waals surface area (Å²) in [6.07, 6.45) is 1.83. The standard InChI is InChI=1S/C26H26N2O6/c1-4-32-18-10-8-17(9-11-18)12-14-33-22-16-19(34-26(31)27(2)3)15-21-23(22)24(25(29)30)20-7-5-6-13-28(20)21/h5-11,13,15-16H,4,12,14H2,1-3H3,(H,29,30). The minimum Gasteiger partial charge on any atom is -0.494 e. The van der Waals surface area contributed by atoms with Gasteiger partial charge in [-0.2, -0.15) is 0 Å². The summed E-state index contributed by atoms with van der Waals surface area (Å²) in [5.74, 6) is 0.345. The van der Waals surface area contributed by atoms with E-state index in [1.807, 2.05) is 37.3 Å². The fourth-order valence-corrected chi connectivity index (χ4v) is 3.78. The van der Waals surface area contributed by atoms with E-state index in [-0.39, 0.29) is 11.3 Å². The van der Waals surface area contributed by atoms with Crippen LogP contribution >= 0.6 is 0 Å². The maximum atomic E-state index is 12.2. The van der Waals surface area contributed by atoms with E-state index in [1.54, 1.807) is 49.0 Å². The third-order valence-corrected chi connectivity index (χ3v) is 5.35. The van der Waals surface area contributed by atoms with Crippen LogP contribution in [0.5, 0.6) is 17.2 Å². The molecule has 0 bridgehead atoms. The van der Waals surface area contributed by atoms with E-state index in [0.29, 0.717) is 41.8 Å². The number of hydrogen-bond donors (Lipinski definition) is 1. The number of nitrogens with zero attached hydrogens (tertiary/aromatic N) is 2. The molecule has 2 aromatic carbocycles. The van der Waals surface area contributed by atoms with Crippen molar-refractivity contribution in [2.75, 3.05) is 27.3 Å². The second-order valence-electron chi connectivity index (χ2n) is 7.89. The summed E-state index contributed by atoms with van der Waals surface area (Å²) in [7, 11) is 3.18. The molecule has 4 aromatic rings. The molecule has 1 N–H and O–H groups in total. The molecule has 0 saturated heterocycles. The Balaban J connectivity index is 1.72. The quantitative estimate of drug-likeness (QED) is 0.402. The topological polar surface area (TPSA) is 89.7 Å². The molecule has 8 heteroatoms. The second kappa shape index (κ2) is 9.74. The lowest BCUT2D eigenvalue weighted by Crippen LogP contribution is -2.25. The van der Waals surface area contributed by atoms with E-state index in [2.05, 4.69) is 0 Å². The summed E-state index contributed by atoms with van der Waals surface area (Å²) in [6, 6.07) is 16.3. The van der Waals surface area contributed by atoms with E-state index < -0.39 is 12.1 Å². The van der Waals surface area contributed by atoms with Gasteiger partial charge in [0.1, 0.15) is 17.2 Å². The maximum Gasteiger partial charge on any atom is 0.414 e. The van der Waals surface area contributed by atoms with Crippen molar-refractivity contribution in [3.63, 3.8) is 0 Å². The van der Waals surface area contributed by atoms with Crippen LogP contribution in [0.4, 0.5) is 4.79 Å². The Bertz CT molecular complexity index is 1340. The van der Waals surface area contributed by atoms with Gasteiger partial charge in [0.15, 0.2) is 0 Å². The van der Waals surface area contributed by atoms with Crippen LogP contribution in [-0.2, 0) is 6.42 Å². The molecule has 4 rings (SSSR count). The number of rotatable bonds is 8. The van der Waals surface area contributed by atoms with Crippen LogP contribution in [-0.4, -0.2) is 53.8 Å². The number of amides is 1. The molecule has 0 aliphatic carbocycles. The summed E-state index contributed by atoms with van der Waals surface area (Å²) in [6.45, 7) is 2.84. The molecule has 2 aromatic heterocycles. The van der Waals surface area contributed by atoms with Gasteiger partial charge >= 0.3 is 12.1 Å². The van der Waals surface area contributed by atoms with Crippen molar-refractivity contribution in [2.45, 2.75) is 13.3 Å². The first-order valence-corrected chi connectivity index (χ1v) is 10.9. The molecule has 0 saturated carbocycles. The zero-order valence-electron chi connectivity index (χ0n) is 19.3. The highest BCUT2D eigenvalue weighted by atomic mass is 16.6. The number of pyridine rings is 1. The Morgan fingerprint density at radius 1 is 0.971 bits per heavy atom. The smallest absolute Gasteiger partial charge is 0.414 e. The van der Waals surface area contributed by atoms with Crippen LogP contribution in [0.25, 0.3) is 16.4 Å². The molecule has 0 atom stereocenters. The molecule has 0 aliphatic rings. The molecular formula is C26H26N2O6. The average Bonchev–Trinajstić information content (AvgIpc) is 3.15. The van der Waals surface area contributed by atoms with E-state index in [0.717, 1.165) is 11.3 Å². The summed E-state index contributed by atoms with van der Waals surface area (Å²) in [4.78, 5) is 25.7. The van der Waals surface area contributed by atoms with E-state index >= 15 is 0 Å². The number of aromatic nitrogens is 1. The lowest BCUT2D eigenvalue weighted by molar-refractivity contribution is 0.0700. The summed E-state index contributed by atoms with van der Waals surface area (Å²) < 4.78 is 18.8. The molecule has 176 valence electrons. The minimum absolute atomic E-state index is 0.136. The number of carbonyl (C=O) groups is 2. The normalized spacial score (nSPS) is 10.9. The maximum absolute atomic E-state index is 12.2. The fourth-order valence-electron chi connectivity index (χ4n) is 3.78. The van der Waals surface area contributed by atoms with Crippen molar-refractivity contribution < 1.29 is 28.9 Å². The number of carboxylic acids is 1. The Kier molecular flexibility index (Phi) is 6.58. The molecule has 1 amide bonds. The van der Waals surface area contributed by atoms with Crippen molar-refractivity contribution >= 4 is 28.5 Å². The number of benzene rings is 2. The lowest BCUT2D eigenvalue weighted by Gasteiger charge is -2.14. The van der Waals surface area contributed by atoms with Gasteiger partial charge in [-0.05, 0) is 36.8 Å². The largest absolute Gasteiger partial charge is 0.494 e. The van der Waals surface area contributed by atoms with Crippen molar-refractivity contribution in [1.29, 1.82) is 0 Å². The van der Waals surface area contributed by atoms with E-state index in [4.69, 9.17) is 14.2 Å². The summed E-state index contributed by atoms with van der Waals surface area (Å²) in [5.41, 5.74) is 2.29. The molecule has 2 heterocycles. The van der Waals surface area contributed by atoms with Crippen molar-refractivity contribution in [1.82, 2.24) is 9.30 Å². The molecule has 0 aliphatic heterocycles. The van der Waals surface area contributed by atoms with Crippen molar-refractivity contribution in [3.05, 3.63) is 71.9 Å². The van der Waals surface area contributed by atoms with Crippen LogP contribution < -0.4 is 14.2 Å².